The summed E-state index contributed by atoms with van der Waals surface area (Å²) < 4.78 is 13.5. The lowest BCUT2D eigenvalue weighted by atomic mass is 9.73. The molecule has 2 aliphatic heterocycles. The summed E-state index contributed by atoms with van der Waals surface area (Å²) in [5.41, 5.74) is 7.24. The van der Waals surface area contributed by atoms with Crippen molar-refractivity contribution in [2.75, 3.05) is 24.6 Å². The van der Waals surface area contributed by atoms with Gasteiger partial charge in [0.1, 0.15) is 12.4 Å². The normalized spacial score (nSPS) is 16.8. The number of para-hydroxylation sites is 1. The third-order valence-electron chi connectivity index (χ3n) is 8.32. The molecule has 2 aliphatic rings. The zero-order chi connectivity index (χ0) is 30.4. The van der Waals surface area contributed by atoms with Crippen LogP contribution in [0.25, 0.3) is 10.9 Å². The van der Waals surface area contributed by atoms with Crippen molar-refractivity contribution in [2.45, 2.75) is 53.2 Å². The van der Waals surface area contributed by atoms with Crippen molar-refractivity contribution in [2.24, 2.45) is 4.99 Å². The smallest absolute Gasteiger partial charge is 0.338 e. The Morgan fingerprint density at radius 2 is 1.74 bits per heavy atom. The van der Waals surface area contributed by atoms with E-state index >= 15 is 0 Å². The Kier molecular flexibility index (Phi) is 9.15. The van der Waals surface area contributed by atoms with Crippen molar-refractivity contribution >= 4 is 28.8 Å². The van der Waals surface area contributed by atoms with Crippen LogP contribution in [0, 0.1) is 6.92 Å². The van der Waals surface area contributed by atoms with Crippen LogP contribution in [0.3, 0.4) is 0 Å². The van der Waals surface area contributed by atoms with E-state index in [1.165, 1.54) is 27.8 Å². The lowest BCUT2D eigenvalue weighted by molar-refractivity contribution is 0.0535. The van der Waals surface area contributed by atoms with Crippen molar-refractivity contribution in [3.63, 3.8) is 0 Å². The molecule has 3 heterocycles. The molecule has 3 aromatic carbocycles. The van der Waals surface area contributed by atoms with Crippen LogP contribution < -0.4 is 9.64 Å². The molecule has 0 bridgehead atoms. The molecule has 6 rings (SSSR count). The van der Waals surface area contributed by atoms with Gasteiger partial charge in [-0.3, -0.25) is 4.99 Å². The molecule has 0 fully saturated rings. The van der Waals surface area contributed by atoms with Gasteiger partial charge in [0.2, 0.25) is 0 Å². The first-order valence-electron chi connectivity index (χ1n) is 15.2. The fourth-order valence-electron chi connectivity index (χ4n) is 6.29. The monoisotopic (exact) mass is 575 g/mol. The van der Waals surface area contributed by atoms with E-state index in [4.69, 9.17) is 14.5 Å². The highest BCUT2D eigenvalue weighted by molar-refractivity contribution is 5.96. The van der Waals surface area contributed by atoms with E-state index in [2.05, 4.69) is 98.0 Å². The molecule has 0 spiro atoms. The first-order valence-corrected chi connectivity index (χ1v) is 15.2. The van der Waals surface area contributed by atoms with E-state index in [0.717, 1.165) is 36.5 Å². The number of carbonyl (C=O) groups is 1. The number of carbonyl (C=O) groups excluding carboxylic acids is 1. The van der Waals surface area contributed by atoms with E-state index in [9.17, 15) is 4.79 Å². The van der Waals surface area contributed by atoms with E-state index < -0.39 is 5.41 Å². The van der Waals surface area contributed by atoms with Crippen LogP contribution >= 0.6 is 0 Å². The zero-order valence-corrected chi connectivity index (χ0v) is 25.8. The van der Waals surface area contributed by atoms with Crippen molar-refractivity contribution in [3.05, 3.63) is 119 Å². The first-order chi connectivity index (χ1) is 21.0. The van der Waals surface area contributed by atoms with Gasteiger partial charge in [-0.1, -0.05) is 54.6 Å². The number of fused-ring (bicyclic) bond motifs is 2. The maximum atomic E-state index is 10.8. The second kappa shape index (κ2) is 13.2. The number of aliphatic imine (C=N–C) groups is 1. The molecule has 1 atom stereocenters. The van der Waals surface area contributed by atoms with Gasteiger partial charge in [0.05, 0.1) is 17.6 Å². The maximum absolute atomic E-state index is 10.8. The van der Waals surface area contributed by atoms with Gasteiger partial charge in [-0.2, -0.15) is 0 Å². The third-order valence-corrected chi connectivity index (χ3v) is 8.32. The number of rotatable bonds is 8. The van der Waals surface area contributed by atoms with Gasteiger partial charge in [0.25, 0.3) is 0 Å². The van der Waals surface area contributed by atoms with E-state index in [1.807, 2.05) is 37.4 Å². The zero-order valence-electron chi connectivity index (χ0n) is 25.8. The summed E-state index contributed by atoms with van der Waals surface area (Å²) in [5, 5.41) is 1.25. The van der Waals surface area contributed by atoms with E-state index in [0.29, 0.717) is 18.8 Å². The van der Waals surface area contributed by atoms with Crippen LogP contribution in [-0.4, -0.2) is 36.4 Å². The molecule has 0 aliphatic carbocycles. The number of cyclic esters (lactones) is 1. The van der Waals surface area contributed by atoms with E-state index in [1.54, 1.807) is 6.07 Å². The molecule has 0 saturated carbocycles. The number of aromatic nitrogens is 1. The van der Waals surface area contributed by atoms with Gasteiger partial charge >= 0.3 is 5.97 Å². The number of ether oxygens (including phenoxy) is 2. The number of nitrogens with zero attached hydrogens (tertiary/aromatic N) is 3. The Hall–Kier alpha value is -4.58. The van der Waals surface area contributed by atoms with Gasteiger partial charge < -0.3 is 18.9 Å². The fourth-order valence-corrected chi connectivity index (χ4v) is 6.29. The summed E-state index contributed by atoms with van der Waals surface area (Å²) in [4.78, 5) is 17.9. The number of benzene rings is 3. The van der Waals surface area contributed by atoms with E-state index in [-0.39, 0.29) is 5.97 Å². The molecule has 0 saturated heterocycles. The Morgan fingerprint density at radius 1 is 0.977 bits per heavy atom. The second-order valence-corrected chi connectivity index (χ2v) is 10.6. The molecule has 222 valence electrons. The van der Waals surface area contributed by atoms with Gasteiger partial charge in [-0.15, -0.1) is 0 Å². The predicted molar refractivity (Wildman–Crippen MR) is 177 cm³/mol. The van der Waals surface area contributed by atoms with Crippen LogP contribution in [0.15, 0.2) is 96.2 Å². The minimum Gasteiger partial charge on any atom is -0.493 e. The van der Waals surface area contributed by atoms with Gasteiger partial charge in [0.15, 0.2) is 0 Å². The quantitative estimate of drug-likeness (QED) is 0.200. The first kappa shape index (κ1) is 29.9. The van der Waals surface area contributed by atoms with Crippen molar-refractivity contribution in [1.82, 2.24) is 4.57 Å². The topological polar surface area (TPSA) is 56.1 Å². The largest absolute Gasteiger partial charge is 0.493 e. The molecule has 6 heteroatoms. The molecular formula is C37H41N3O3. The summed E-state index contributed by atoms with van der Waals surface area (Å²) in [6.07, 6.45) is 10.3. The number of allylic oxidation sites excluding steroid dienone is 3. The molecule has 0 radical (unpaired) electrons. The lowest BCUT2D eigenvalue weighted by Gasteiger charge is -2.31. The number of aryl methyl sites for hydroxylation is 1. The molecular weight excluding hydrogens is 534 g/mol. The van der Waals surface area contributed by atoms with Crippen molar-refractivity contribution in [1.29, 1.82) is 0 Å². The molecule has 6 nitrogen and oxygen atoms in total. The number of esters is 1. The summed E-state index contributed by atoms with van der Waals surface area (Å²) in [7, 11) is 0. The minimum absolute atomic E-state index is 0.199. The predicted octanol–water partition coefficient (Wildman–Crippen LogP) is 8.01. The van der Waals surface area contributed by atoms with Gasteiger partial charge in [-0.05, 0) is 58.9 Å². The highest BCUT2D eigenvalue weighted by Crippen LogP contribution is 2.45. The summed E-state index contributed by atoms with van der Waals surface area (Å²) in [5.74, 6) is 0.711. The average Bonchev–Trinajstić information content (AvgIpc) is 3.43. The van der Waals surface area contributed by atoms with Crippen LogP contribution in [0.2, 0.25) is 0 Å². The summed E-state index contributed by atoms with van der Waals surface area (Å²) >= 11 is 0. The Balaban J connectivity index is 0.000000308. The Labute approximate surface area is 255 Å². The average molecular weight is 576 g/mol. The molecule has 0 N–H and O–H groups in total. The number of hydrogen-bond acceptors (Lipinski definition) is 5. The van der Waals surface area contributed by atoms with Crippen molar-refractivity contribution in [3.8, 4) is 5.75 Å². The van der Waals surface area contributed by atoms with Gasteiger partial charge in [0, 0.05) is 77.1 Å². The molecule has 1 unspecified atom stereocenters. The maximum Gasteiger partial charge on any atom is 0.338 e. The molecule has 43 heavy (non-hydrogen) atoms. The molecule has 4 aromatic rings. The van der Waals surface area contributed by atoms with Crippen molar-refractivity contribution < 1.29 is 14.3 Å². The summed E-state index contributed by atoms with van der Waals surface area (Å²) in [6.45, 7) is 14.7. The minimum atomic E-state index is -0.542. The van der Waals surface area contributed by atoms with Crippen LogP contribution in [0.4, 0.5) is 5.69 Å². The Bertz CT molecular complexity index is 1670. The van der Waals surface area contributed by atoms with Crippen LogP contribution in [-0.2, 0) is 23.3 Å². The van der Waals surface area contributed by atoms with Gasteiger partial charge in [-0.25, -0.2) is 4.79 Å². The SMILES string of the molecule is CCOc1cc(N(CC)CC)ccc1C1(c2c(C)n(CC)c3ccccc23)C=CC=CN=C1.O=C1OCc2ccccc21. The molecule has 1 aromatic heterocycles. The van der Waals surface area contributed by atoms with Crippen LogP contribution in [0.1, 0.15) is 60.4 Å². The summed E-state index contributed by atoms with van der Waals surface area (Å²) in [6, 6.07) is 22.8. The lowest BCUT2D eigenvalue weighted by Crippen LogP contribution is -2.29. The highest BCUT2D eigenvalue weighted by atomic mass is 16.5. The van der Waals surface area contributed by atoms with Crippen LogP contribution in [0.5, 0.6) is 5.75 Å². The third kappa shape index (κ3) is 5.62. The highest BCUT2D eigenvalue weighted by Gasteiger charge is 2.38. The number of anilines is 1. The Morgan fingerprint density at radius 3 is 2.49 bits per heavy atom. The second-order valence-electron chi connectivity index (χ2n) is 10.6. The number of hydrogen-bond donors (Lipinski definition) is 0. The standard InChI is InChI=1S/C29H35N3O.C8H6O2/c1-6-31(7-2)23-16-17-25(27(20-23)33-9-4)29(18-12-13-19-30-21-29)28-22(5)32(8-3)26-15-11-10-14-24(26)28;9-8-7-4-2-1-3-6(7)5-10-8/h10-21H,6-9H2,1-5H3;1-4H,5H2. The fraction of sp³-hybridized carbons (Fsp3) is 0.297. The molecule has 0 amide bonds.